The van der Waals surface area contributed by atoms with Gasteiger partial charge in [0.25, 0.3) is 5.91 Å². The summed E-state index contributed by atoms with van der Waals surface area (Å²) in [5.74, 6) is -1.35. The van der Waals surface area contributed by atoms with Gasteiger partial charge in [-0.25, -0.2) is 0 Å². The number of nitrogens with zero attached hydrogens (tertiary/aromatic N) is 3. The van der Waals surface area contributed by atoms with E-state index in [1.165, 1.54) is 16.8 Å². The second-order valence-electron chi connectivity index (χ2n) is 6.45. The van der Waals surface area contributed by atoms with E-state index in [9.17, 15) is 14.4 Å². The summed E-state index contributed by atoms with van der Waals surface area (Å²) >= 11 is 0. The fraction of sp³-hybridized carbons (Fsp3) is 0.625. The Hall–Kier alpha value is -2.38. The maximum Gasteiger partial charge on any atom is 0.308 e. The van der Waals surface area contributed by atoms with Crippen molar-refractivity contribution < 1.29 is 24.0 Å². The monoisotopic (exact) mass is 337 g/mol. The first-order valence-corrected chi connectivity index (χ1v) is 8.02. The fourth-order valence-corrected chi connectivity index (χ4v) is 2.64. The zero-order chi connectivity index (χ0) is 17.9. The minimum absolute atomic E-state index is 0.116. The Morgan fingerprint density at radius 3 is 2.75 bits per heavy atom. The predicted molar refractivity (Wildman–Crippen MR) is 84.5 cm³/mol. The molecule has 2 rings (SSSR count). The molecule has 0 spiro atoms. The lowest BCUT2D eigenvalue weighted by molar-refractivity contribution is -0.145. The molecule has 0 saturated carbocycles. The summed E-state index contributed by atoms with van der Waals surface area (Å²) in [5, 5.41) is 12.8. The maximum absolute atomic E-state index is 12.3. The Kier molecular flexibility index (Phi) is 5.58. The van der Waals surface area contributed by atoms with Gasteiger partial charge in [-0.2, -0.15) is 0 Å². The number of carboxylic acid groups (broad SMARTS) is 1. The van der Waals surface area contributed by atoms with Gasteiger partial charge in [-0.05, 0) is 12.8 Å². The normalized spacial score (nSPS) is 17.8. The van der Waals surface area contributed by atoms with Gasteiger partial charge in [0, 0.05) is 32.1 Å². The molecule has 0 unspecified atom stereocenters. The van der Waals surface area contributed by atoms with Crippen LogP contribution in [0.4, 0.5) is 0 Å². The number of piperidine rings is 1. The lowest BCUT2D eigenvalue weighted by Crippen LogP contribution is -2.46. The molecule has 8 heteroatoms. The third kappa shape index (κ3) is 4.12. The summed E-state index contributed by atoms with van der Waals surface area (Å²) in [5.41, 5.74) is 0.163. The summed E-state index contributed by atoms with van der Waals surface area (Å²) in [4.78, 5) is 38.5. The Morgan fingerprint density at radius 2 is 2.17 bits per heavy atom. The molecule has 1 aromatic rings. The standard InChI is InChI=1S/C16H23N3O5/c1-10(2)13-7-12(17-24-13)15(21)18(3)9-14(20)19-6-4-5-11(8-19)16(22)23/h7,10-11H,4-6,8-9H2,1-3H3,(H,22,23)/t11-/m1/s1. The molecule has 2 heterocycles. The summed E-state index contributed by atoms with van der Waals surface area (Å²) in [7, 11) is 1.52. The largest absolute Gasteiger partial charge is 0.481 e. The van der Waals surface area contributed by atoms with E-state index in [1.54, 1.807) is 6.07 Å². The van der Waals surface area contributed by atoms with Crippen molar-refractivity contribution in [1.82, 2.24) is 15.0 Å². The van der Waals surface area contributed by atoms with Crippen LogP contribution in [0.15, 0.2) is 10.6 Å². The van der Waals surface area contributed by atoms with E-state index in [-0.39, 0.29) is 30.6 Å². The fourth-order valence-electron chi connectivity index (χ4n) is 2.64. The van der Waals surface area contributed by atoms with E-state index in [0.717, 1.165) is 0 Å². The lowest BCUT2D eigenvalue weighted by Gasteiger charge is -2.31. The first kappa shape index (κ1) is 18.0. The van der Waals surface area contributed by atoms with Crippen LogP contribution in [0.3, 0.4) is 0 Å². The van der Waals surface area contributed by atoms with Crippen LogP contribution in [-0.2, 0) is 9.59 Å². The van der Waals surface area contributed by atoms with Gasteiger partial charge in [-0.15, -0.1) is 0 Å². The van der Waals surface area contributed by atoms with Crippen LogP contribution in [0, 0.1) is 5.92 Å². The van der Waals surface area contributed by atoms with Crippen molar-refractivity contribution in [2.24, 2.45) is 5.92 Å². The van der Waals surface area contributed by atoms with Crippen molar-refractivity contribution in [2.45, 2.75) is 32.6 Å². The Bertz CT molecular complexity index is 625. The zero-order valence-corrected chi connectivity index (χ0v) is 14.2. The molecule has 8 nitrogen and oxygen atoms in total. The van der Waals surface area contributed by atoms with Gasteiger partial charge < -0.3 is 19.4 Å². The van der Waals surface area contributed by atoms with Gasteiger partial charge >= 0.3 is 5.97 Å². The number of aliphatic carboxylic acids is 1. The maximum atomic E-state index is 12.3. The molecular weight excluding hydrogens is 314 g/mol. The molecule has 1 saturated heterocycles. The Labute approximate surface area is 140 Å². The number of carbonyl (C=O) groups excluding carboxylic acids is 2. The number of likely N-dealkylation sites (N-methyl/N-ethyl adjacent to an activating group) is 1. The van der Waals surface area contributed by atoms with Gasteiger partial charge in [0.2, 0.25) is 5.91 Å². The van der Waals surface area contributed by atoms with E-state index in [4.69, 9.17) is 9.63 Å². The molecule has 132 valence electrons. The lowest BCUT2D eigenvalue weighted by atomic mass is 9.98. The van der Waals surface area contributed by atoms with Crippen LogP contribution in [0.1, 0.15) is 48.9 Å². The van der Waals surface area contributed by atoms with Crippen molar-refractivity contribution >= 4 is 17.8 Å². The number of amides is 2. The molecule has 1 aliphatic rings. The molecule has 1 N–H and O–H groups in total. The van der Waals surface area contributed by atoms with Crippen LogP contribution in [-0.4, -0.2) is 64.5 Å². The minimum Gasteiger partial charge on any atom is -0.481 e. The first-order valence-electron chi connectivity index (χ1n) is 8.02. The van der Waals surface area contributed by atoms with Crippen LogP contribution >= 0.6 is 0 Å². The third-order valence-electron chi connectivity index (χ3n) is 4.16. The molecular formula is C16H23N3O5. The number of carbonyl (C=O) groups is 3. The minimum atomic E-state index is -0.888. The van der Waals surface area contributed by atoms with Crippen molar-refractivity contribution in [3.8, 4) is 0 Å². The van der Waals surface area contributed by atoms with Crippen molar-refractivity contribution in [3.63, 3.8) is 0 Å². The molecule has 1 aliphatic heterocycles. The second-order valence-corrected chi connectivity index (χ2v) is 6.45. The molecule has 2 amide bonds. The van der Waals surface area contributed by atoms with Crippen LogP contribution in [0.2, 0.25) is 0 Å². The number of aromatic nitrogens is 1. The van der Waals surface area contributed by atoms with Gasteiger partial charge in [0.1, 0.15) is 5.76 Å². The highest BCUT2D eigenvalue weighted by Gasteiger charge is 2.29. The number of carboxylic acids is 1. The molecule has 1 atom stereocenters. The van der Waals surface area contributed by atoms with Crippen molar-refractivity contribution in [3.05, 3.63) is 17.5 Å². The van der Waals surface area contributed by atoms with Gasteiger partial charge in [-0.1, -0.05) is 19.0 Å². The highest BCUT2D eigenvalue weighted by molar-refractivity contribution is 5.94. The SMILES string of the molecule is CC(C)c1cc(C(=O)N(C)CC(=O)N2CCC[C@@H](C(=O)O)C2)no1. The second kappa shape index (κ2) is 7.46. The summed E-state index contributed by atoms with van der Waals surface area (Å²) in [6.45, 7) is 4.45. The Morgan fingerprint density at radius 1 is 1.46 bits per heavy atom. The highest BCUT2D eigenvalue weighted by Crippen LogP contribution is 2.18. The van der Waals surface area contributed by atoms with Gasteiger partial charge in [0.15, 0.2) is 5.69 Å². The van der Waals surface area contributed by atoms with Gasteiger partial charge in [-0.3, -0.25) is 14.4 Å². The van der Waals surface area contributed by atoms with E-state index in [1.807, 2.05) is 13.8 Å². The smallest absolute Gasteiger partial charge is 0.308 e. The first-order chi connectivity index (χ1) is 11.3. The average molecular weight is 337 g/mol. The highest BCUT2D eigenvalue weighted by atomic mass is 16.5. The number of hydrogen-bond acceptors (Lipinski definition) is 5. The molecule has 24 heavy (non-hydrogen) atoms. The van der Waals surface area contributed by atoms with Crippen LogP contribution in [0.25, 0.3) is 0 Å². The molecule has 0 bridgehead atoms. The van der Waals surface area contributed by atoms with E-state index < -0.39 is 17.8 Å². The number of hydrogen-bond donors (Lipinski definition) is 1. The summed E-state index contributed by atoms with van der Waals surface area (Å²) in [6.07, 6.45) is 1.23. The molecule has 1 aromatic heterocycles. The van der Waals surface area contributed by atoms with E-state index >= 15 is 0 Å². The van der Waals surface area contributed by atoms with E-state index in [2.05, 4.69) is 5.16 Å². The van der Waals surface area contributed by atoms with Gasteiger partial charge in [0.05, 0.1) is 12.5 Å². The average Bonchev–Trinajstić information content (AvgIpc) is 3.04. The molecule has 1 fully saturated rings. The molecule has 0 aliphatic carbocycles. The zero-order valence-electron chi connectivity index (χ0n) is 14.2. The quantitative estimate of drug-likeness (QED) is 0.865. The van der Waals surface area contributed by atoms with Crippen LogP contribution in [0.5, 0.6) is 0 Å². The topological polar surface area (TPSA) is 104 Å². The van der Waals surface area contributed by atoms with Crippen LogP contribution < -0.4 is 0 Å². The molecule has 0 radical (unpaired) electrons. The summed E-state index contributed by atoms with van der Waals surface area (Å²) < 4.78 is 5.10. The molecule has 0 aromatic carbocycles. The number of likely N-dealkylation sites (tertiary alicyclic amines) is 1. The summed E-state index contributed by atoms with van der Waals surface area (Å²) in [6, 6.07) is 1.58. The predicted octanol–water partition coefficient (Wildman–Crippen LogP) is 1.19. The van der Waals surface area contributed by atoms with E-state index in [0.29, 0.717) is 25.1 Å². The van der Waals surface area contributed by atoms with Crippen molar-refractivity contribution in [2.75, 3.05) is 26.7 Å². The Balaban J connectivity index is 1.95. The third-order valence-corrected chi connectivity index (χ3v) is 4.16. The van der Waals surface area contributed by atoms with Crippen molar-refractivity contribution in [1.29, 1.82) is 0 Å². The number of rotatable bonds is 5.